The van der Waals surface area contributed by atoms with Crippen LogP contribution in [0.15, 0.2) is 24.3 Å². The molecule has 0 aliphatic heterocycles. The molecule has 0 bridgehead atoms. The van der Waals surface area contributed by atoms with Crippen molar-refractivity contribution in [2.24, 2.45) is 0 Å². The summed E-state index contributed by atoms with van der Waals surface area (Å²) < 4.78 is 0. The Morgan fingerprint density at radius 1 is 1.26 bits per heavy atom. The molecular formula is C13H18N2O4. The highest BCUT2D eigenvalue weighted by molar-refractivity contribution is 5.87. The summed E-state index contributed by atoms with van der Waals surface area (Å²) in [5, 5.41) is 22.9. The van der Waals surface area contributed by atoms with Gasteiger partial charge in [0.2, 0.25) is 0 Å². The molecule has 2 amide bonds. The van der Waals surface area contributed by atoms with Gasteiger partial charge in [0.25, 0.3) is 0 Å². The summed E-state index contributed by atoms with van der Waals surface area (Å²) in [5.41, 5.74) is 1.01. The minimum absolute atomic E-state index is 0.1000. The van der Waals surface area contributed by atoms with Gasteiger partial charge >= 0.3 is 12.0 Å². The Morgan fingerprint density at radius 2 is 1.89 bits per heavy atom. The summed E-state index contributed by atoms with van der Waals surface area (Å²) in [4.78, 5) is 22.2. The zero-order chi connectivity index (χ0) is 14.3. The molecule has 4 N–H and O–H groups in total. The largest absolute Gasteiger partial charge is 0.478 e. The molecule has 6 heteroatoms. The van der Waals surface area contributed by atoms with E-state index < -0.39 is 5.97 Å². The Kier molecular flexibility index (Phi) is 5.81. The van der Waals surface area contributed by atoms with Crippen molar-refractivity contribution in [2.75, 3.05) is 6.61 Å². The second-order valence-corrected chi connectivity index (χ2v) is 4.12. The fourth-order valence-corrected chi connectivity index (χ4v) is 1.46. The lowest BCUT2D eigenvalue weighted by atomic mass is 10.1. The number of aliphatic hydroxyl groups is 1. The van der Waals surface area contributed by atoms with E-state index in [-0.39, 0.29) is 24.2 Å². The van der Waals surface area contributed by atoms with E-state index in [4.69, 9.17) is 10.2 Å². The normalized spacial score (nSPS) is 11.7. The molecular weight excluding hydrogens is 248 g/mol. The van der Waals surface area contributed by atoms with Crippen LogP contribution in [-0.4, -0.2) is 34.9 Å². The van der Waals surface area contributed by atoms with Crippen LogP contribution in [0.3, 0.4) is 0 Å². The van der Waals surface area contributed by atoms with Gasteiger partial charge in [-0.05, 0) is 24.1 Å². The van der Waals surface area contributed by atoms with Gasteiger partial charge in [-0.3, -0.25) is 0 Å². The van der Waals surface area contributed by atoms with Crippen LogP contribution in [0.5, 0.6) is 0 Å². The quantitative estimate of drug-likeness (QED) is 0.616. The number of hydrogen-bond donors (Lipinski definition) is 4. The second-order valence-electron chi connectivity index (χ2n) is 4.12. The van der Waals surface area contributed by atoms with Gasteiger partial charge in [-0.15, -0.1) is 0 Å². The molecule has 1 rings (SSSR count). The zero-order valence-electron chi connectivity index (χ0n) is 10.7. The van der Waals surface area contributed by atoms with Gasteiger partial charge in [0.1, 0.15) is 0 Å². The Labute approximate surface area is 111 Å². The molecule has 0 spiro atoms. The lowest BCUT2D eigenvalue weighted by Crippen LogP contribution is -2.43. The van der Waals surface area contributed by atoms with E-state index in [2.05, 4.69) is 10.6 Å². The van der Waals surface area contributed by atoms with Crippen molar-refractivity contribution in [3.05, 3.63) is 35.4 Å². The van der Waals surface area contributed by atoms with E-state index >= 15 is 0 Å². The number of rotatable bonds is 6. The first kappa shape index (κ1) is 15.0. The molecule has 104 valence electrons. The fraction of sp³-hybridized carbons (Fsp3) is 0.385. The van der Waals surface area contributed by atoms with Gasteiger partial charge in [0.15, 0.2) is 0 Å². The Morgan fingerprint density at radius 3 is 2.37 bits per heavy atom. The van der Waals surface area contributed by atoms with E-state index in [1.807, 2.05) is 6.92 Å². The predicted octanol–water partition coefficient (Wildman–Crippen LogP) is 0.955. The third-order valence-corrected chi connectivity index (χ3v) is 2.70. The SMILES string of the molecule is CC[C@@H](CO)NC(=O)NCc1ccc(C(=O)O)cc1. The van der Waals surface area contributed by atoms with Gasteiger partial charge in [-0.25, -0.2) is 9.59 Å². The van der Waals surface area contributed by atoms with Crippen LogP contribution in [0.2, 0.25) is 0 Å². The van der Waals surface area contributed by atoms with Crippen LogP contribution < -0.4 is 10.6 Å². The van der Waals surface area contributed by atoms with Crippen LogP contribution in [0, 0.1) is 0 Å². The number of carbonyl (C=O) groups is 2. The van der Waals surface area contributed by atoms with E-state index in [0.29, 0.717) is 13.0 Å². The smallest absolute Gasteiger partial charge is 0.335 e. The maximum absolute atomic E-state index is 11.5. The van der Waals surface area contributed by atoms with Crippen LogP contribution in [0.25, 0.3) is 0 Å². The first-order valence-electron chi connectivity index (χ1n) is 6.04. The molecule has 1 aromatic carbocycles. The number of carboxylic acid groups (broad SMARTS) is 1. The lowest BCUT2D eigenvalue weighted by Gasteiger charge is -2.14. The summed E-state index contributed by atoms with van der Waals surface area (Å²) in [5.74, 6) is -0.981. The molecule has 0 saturated heterocycles. The van der Waals surface area contributed by atoms with Crippen LogP contribution in [0.1, 0.15) is 29.3 Å². The Bertz CT molecular complexity index is 427. The molecule has 0 fully saturated rings. The number of amides is 2. The van der Waals surface area contributed by atoms with Crippen LogP contribution >= 0.6 is 0 Å². The number of urea groups is 1. The average Bonchev–Trinajstić information content (AvgIpc) is 2.43. The molecule has 1 aromatic rings. The summed E-state index contributed by atoms with van der Waals surface area (Å²) in [6, 6.07) is 5.65. The van der Waals surface area contributed by atoms with E-state index in [1.54, 1.807) is 12.1 Å². The van der Waals surface area contributed by atoms with Crippen molar-refractivity contribution in [3.63, 3.8) is 0 Å². The summed E-state index contributed by atoms with van der Waals surface area (Å²) in [6.07, 6.45) is 0.650. The van der Waals surface area contributed by atoms with Crippen molar-refractivity contribution >= 4 is 12.0 Å². The fourth-order valence-electron chi connectivity index (χ4n) is 1.46. The highest BCUT2D eigenvalue weighted by atomic mass is 16.4. The first-order chi connectivity index (χ1) is 9.06. The zero-order valence-corrected chi connectivity index (χ0v) is 10.7. The van der Waals surface area contributed by atoms with E-state index in [1.165, 1.54) is 12.1 Å². The maximum atomic E-state index is 11.5. The first-order valence-corrected chi connectivity index (χ1v) is 6.04. The molecule has 0 unspecified atom stereocenters. The van der Waals surface area contributed by atoms with Crippen molar-refractivity contribution in [1.29, 1.82) is 0 Å². The Balaban J connectivity index is 2.43. The minimum atomic E-state index is -0.981. The van der Waals surface area contributed by atoms with Gasteiger partial charge in [0.05, 0.1) is 18.2 Å². The Hall–Kier alpha value is -2.08. The van der Waals surface area contributed by atoms with Gasteiger partial charge < -0.3 is 20.8 Å². The number of hydrogen-bond acceptors (Lipinski definition) is 3. The standard InChI is InChI=1S/C13H18N2O4/c1-2-11(8-16)15-13(19)14-7-9-3-5-10(6-4-9)12(17)18/h3-6,11,16H,2,7-8H2,1H3,(H,17,18)(H2,14,15,19)/t11-/m0/s1. The molecule has 0 aromatic heterocycles. The summed E-state index contributed by atoms with van der Waals surface area (Å²) >= 11 is 0. The number of benzene rings is 1. The topological polar surface area (TPSA) is 98.7 Å². The van der Waals surface area contributed by atoms with Crippen molar-refractivity contribution < 1.29 is 19.8 Å². The third-order valence-electron chi connectivity index (χ3n) is 2.70. The number of aliphatic hydroxyl groups excluding tert-OH is 1. The van der Waals surface area contributed by atoms with E-state index in [9.17, 15) is 9.59 Å². The van der Waals surface area contributed by atoms with Gasteiger partial charge in [-0.1, -0.05) is 19.1 Å². The average molecular weight is 266 g/mol. The van der Waals surface area contributed by atoms with Gasteiger partial charge in [0, 0.05) is 6.54 Å². The molecule has 1 atom stereocenters. The van der Waals surface area contributed by atoms with E-state index in [0.717, 1.165) is 5.56 Å². The maximum Gasteiger partial charge on any atom is 0.335 e. The number of aromatic carboxylic acids is 1. The number of nitrogens with one attached hydrogen (secondary N) is 2. The van der Waals surface area contributed by atoms with Crippen LogP contribution in [-0.2, 0) is 6.54 Å². The van der Waals surface area contributed by atoms with Crippen molar-refractivity contribution in [2.45, 2.75) is 25.9 Å². The molecule has 6 nitrogen and oxygen atoms in total. The summed E-state index contributed by atoms with van der Waals surface area (Å²) in [6.45, 7) is 2.07. The molecule has 0 radical (unpaired) electrons. The minimum Gasteiger partial charge on any atom is -0.478 e. The number of carboxylic acids is 1. The highest BCUT2D eigenvalue weighted by Crippen LogP contribution is 2.04. The lowest BCUT2D eigenvalue weighted by molar-refractivity contribution is 0.0697. The van der Waals surface area contributed by atoms with Crippen molar-refractivity contribution in [3.8, 4) is 0 Å². The summed E-state index contributed by atoms with van der Waals surface area (Å²) in [7, 11) is 0. The molecule has 19 heavy (non-hydrogen) atoms. The second kappa shape index (κ2) is 7.38. The molecule has 0 aliphatic carbocycles. The molecule has 0 aliphatic rings. The van der Waals surface area contributed by atoms with Crippen LogP contribution in [0.4, 0.5) is 4.79 Å². The van der Waals surface area contributed by atoms with Crippen molar-refractivity contribution in [1.82, 2.24) is 10.6 Å². The molecule has 0 heterocycles. The third kappa shape index (κ3) is 4.97. The highest BCUT2D eigenvalue weighted by Gasteiger charge is 2.08. The number of carbonyl (C=O) groups excluding carboxylic acids is 1. The molecule has 0 saturated carbocycles. The monoisotopic (exact) mass is 266 g/mol. The van der Waals surface area contributed by atoms with Gasteiger partial charge in [-0.2, -0.15) is 0 Å². The predicted molar refractivity (Wildman–Crippen MR) is 69.9 cm³/mol.